The number of hydrogen-bond donors (Lipinski definition) is 2. The number of anilines is 3. The lowest BCUT2D eigenvalue weighted by atomic mass is 10.1. The molecule has 1 heterocycles. The van der Waals surface area contributed by atoms with Gasteiger partial charge in [-0.2, -0.15) is 0 Å². The van der Waals surface area contributed by atoms with Gasteiger partial charge in [0.15, 0.2) is 11.5 Å². The summed E-state index contributed by atoms with van der Waals surface area (Å²) in [6.45, 7) is 1.89. The Balaban J connectivity index is 1.20. The number of rotatable bonds is 11. The second kappa shape index (κ2) is 15.9. The molecule has 9 nitrogen and oxygen atoms in total. The topological polar surface area (TPSA) is 106 Å². The fourth-order valence-electron chi connectivity index (χ4n) is 5.49. The second-order valence-corrected chi connectivity index (χ2v) is 13.8. The molecule has 0 spiro atoms. The minimum Gasteiger partial charge on any atom is -0.493 e. The molecule has 3 amide bonds. The van der Waals surface area contributed by atoms with Crippen molar-refractivity contribution >= 4 is 64.4 Å². The Hall–Kier alpha value is -5.65. The Morgan fingerprint density at radius 1 is 0.745 bits per heavy atom. The van der Waals surface area contributed by atoms with E-state index in [1.54, 1.807) is 71.3 Å². The summed E-state index contributed by atoms with van der Waals surface area (Å²) in [6.07, 6.45) is 1.54. The molecule has 1 unspecified atom stereocenters. The number of thioether (sulfide) groups is 1. The number of ether oxygens (including phenoxy) is 3. The standard InChI is InChI=1S/C40H35N3O6S2/c1-25(40(46)43-31-14-8-10-16-35(31)51-36-17-11-9-15-32(36)43)50-29-20-18-28(19-21-29)41-39(45)30(42-38(44)27-12-6-5-7-13-27)22-26-23-33(47-2)37(49-4)34(24-26)48-3/h5-25H,1-4H3,(H,41,45)(H,42,44)/b30-22-. The summed E-state index contributed by atoms with van der Waals surface area (Å²) in [5.41, 5.74) is 3.16. The maximum atomic E-state index is 13.9. The molecular weight excluding hydrogens is 683 g/mol. The van der Waals surface area contributed by atoms with E-state index in [0.717, 1.165) is 26.1 Å². The van der Waals surface area contributed by atoms with E-state index >= 15 is 0 Å². The Morgan fingerprint density at radius 3 is 1.88 bits per heavy atom. The first-order chi connectivity index (χ1) is 24.8. The van der Waals surface area contributed by atoms with Gasteiger partial charge in [0.25, 0.3) is 11.8 Å². The number of nitrogens with one attached hydrogen (secondary N) is 2. The molecule has 0 bridgehead atoms. The number of hydrogen-bond acceptors (Lipinski definition) is 8. The Kier molecular flexibility index (Phi) is 11.0. The lowest BCUT2D eigenvalue weighted by Crippen LogP contribution is -2.34. The predicted octanol–water partition coefficient (Wildman–Crippen LogP) is 8.43. The minimum atomic E-state index is -0.544. The lowest BCUT2D eigenvalue weighted by molar-refractivity contribution is -0.117. The molecular formula is C40H35N3O6S2. The number of nitrogens with zero attached hydrogens (tertiary/aromatic N) is 1. The molecule has 0 aliphatic carbocycles. The summed E-state index contributed by atoms with van der Waals surface area (Å²) in [7, 11) is 4.50. The summed E-state index contributed by atoms with van der Waals surface area (Å²) in [5, 5.41) is 5.22. The lowest BCUT2D eigenvalue weighted by Gasteiger charge is -2.32. The monoisotopic (exact) mass is 717 g/mol. The zero-order chi connectivity index (χ0) is 35.9. The molecule has 5 aromatic carbocycles. The number of carbonyl (C=O) groups excluding carboxylic acids is 3. The van der Waals surface area contributed by atoms with Crippen molar-refractivity contribution in [1.29, 1.82) is 0 Å². The highest BCUT2D eigenvalue weighted by Crippen LogP contribution is 2.48. The summed E-state index contributed by atoms with van der Waals surface area (Å²) < 4.78 is 16.4. The van der Waals surface area contributed by atoms with Gasteiger partial charge in [-0.1, -0.05) is 54.2 Å². The molecule has 11 heteroatoms. The third kappa shape index (κ3) is 7.90. The van der Waals surface area contributed by atoms with E-state index in [-0.39, 0.29) is 11.6 Å². The number of para-hydroxylation sites is 2. The third-order valence-corrected chi connectivity index (χ3v) is 10.2. The van der Waals surface area contributed by atoms with E-state index in [2.05, 4.69) is 10.6 Å². The molecule has 2 N–H and O–H groups in total. The van der Waals surface area contributed by atoms with Gasteiger partial charge in [0.2, 0.25) is 11.7 Å². The van der Waals surface area contributed by atoms with Gasteiger partial charge in [0.1, 0.15) is 5.70 Å². The van der Waals surface area contributed by atoms with Gasteiger partial charge in [-0.25, -0.2) is 0 Å². The van der Waals surface area contributed by atoms with Gasteiger partial charge in [0.05, 0.1) is 38.0 Å². The maximum absolute atomic E-state index is 13.9. The Morgan fingerprint density at radius 2 is 1.31 bits per heavy atom. The zero-order valence-corrected chi connectivity index (χ0v) is 30.0. The number of benzene rings is 5. The first kappa shape index (κ1) is 35.2. The van der Waals surface area contributed by atoms with E-state index in [1.807, 2.05) is 67.6 Å². The van der Waals surface area contributed by atoms with Gasteiger partial charge in [-0.15, -0.1) is 11.8 Å². The van der Waals surface area contributed by atoms with Gasteiger partial charge in [0, 0.05) is 25.9 Å². The predicted molar refractivity (Wildman–Crippen MR) is 203 cm³/mol. The van der Waals surface area contributed by atoms with Crippen molar-refractivity contribution in [3.05, 3.63) is 132 Å². The zero-order valence-electron chi connectivity index (χ0n) is 28.3. The highest BCUT2D eigenvalue weighted by molar-refractivity contribution is 8.00. The molecule has 1 aliphatic heterocycles. The van der Waals surface area contributed by atoms with Crippen molar-refractivity contribution in [2.24, 2.45) is 0 Å². The van der Waals surface area contributed by atoms with Gasteiger partial charge < -0.3 is 24.8 Å². The molecule has 5 aromatic rings. The van der Waals surface area contributed by atoms with Crippen molar-refractivity contribution in [2.45, 2.75) is 26.9 Å². The van der Waals surface area contributed by atoms with Crippen molar-refractivity contribution in [3.63, 3.8) is 0 Å². The SMILES string of the molecule is COc1cc(/C=C(\NC(=O)c2ccccc2)C(=O)Nc2ccc(SC(C)C(=O)N3c4ccccc4Sc4ccccc43)cc2)cc(OC)c1OC. The van der Waals surface area contributed by atoms with Crippen molar-refractivity contribution in [3.8, 4) is 17.2 Å². The molecule has 1 aliphatic rings. The van der Waals surface area contributed by atoms with Crippen LogP contribution in [0.15, 0.2) is 136 Å². The molecule has 0 saturated heterocycles. The molecule has 1 atom stereocenters. The Labute approximate surface area is 305 Å². The normalized spacial score (nSPS) is 12.5. The second-order valence-electron chi connectivity index (χ2n) is 11.3. The number of carbonyl (C=O) groups is 3. The summed E-state index contributed by atoms with van der Waals surface area (Å²) >= 11 is 3.09. The van der Waals surface area contributed by atoms with Crippen LogP contribution in [0.4, 0.5) is 17.1 Å². The highest BCUT2D eigenvalue weighted by Gasteiger charge is 2.31. The first-order valence-corrected chi connectivity index (χ1v) is 17.6. The first-order valence-electron chi connectivity index (χ1n) is 16.0. The van der Waals surface area contributed by atoms with Gasteiger partial charge in [-0.05, 0) is 91.4 Å². The minimum absolute atomic E-state index is 0.00365. The van der Waals surface area contributed by atoms with Crippen LogP contribution in [-0.2, 0) is 9.59 Å². The van der Waals surface area contributed by atoms with Crippen molar-refractivity contribution < 1.29 is 28.6 Å². The van der Waals surface area contributed by atoms with Crippen molar-refractivity contribution in [2.75, 3.05) is 31.5 Å². The number of amides is 3. The molecule has 51 heavy (non-hydrogen) atoms. The molecule has 0 radical (unpaired) electrons. The van der Waals surface area contributed by atoms with Crippen LogP contribution >= 0.6 is 23.5 Å². The van der Waals surface area contributed by atoms with Crippen LogP contribution < -0.4 is 29.7 Å². The van der Waals surface area contributed by atoms with E-state index in [1.165, 1.54) is 39.2 Å². The van der Waals surface area contributed by atoms with Crippen LogP contribution in [0, 0.1) is 0 Å². The van der Waals surface area contributed by atoms with Crippen LogP contribution in [0.5, 0.6) is 17.2 Å². The largest absolute Gasteiger partial charge is 0.493 e. The number of fused-ring (bicyclic) bond motifs is 2. The van der Waals surface area contributed by atoms with Gasteiger partial charge >= 0.3 is 0 Å². The average Bonchev–Trinajstić information content (AvgIpc) is 3.16. The van der Waals surface area contributed by atoms with E-state index in [4.69, 9.17) is 14.2 Å². The highest BCUT2D eigenvalue weighted by atomic mass is 32.2. The maximum Gasteiger partial charge on any atom is 0.272 e. The van der Waals surface area contributed by atoms with Crippen LogP contribution in [0.3, 0.4) is 0 Å². The van der Waals surface area contributed by atoms with E-state index < -0.39 is 17.1 Å². The smallest absolute Gasteiger partial charge is 0.272 e. The molecule has 0 aromatic heterocycles. The molecule has 0 saturated carbocycles. The fourth-order valence-corrected chi connectivity index (χ4v) is 7.45. The van der Waals surface area contributed by atoms with E-state index in [9.17, 15) is 14.4 Å². The third-order valence-electron chi connectivity index (χ3n) is 7.95. The van der Waals surface area contributed by atoms with Crippen LogP contribution in [0.1, 0.15) is 22.8 Å². The van der Waals surface area contributed by atoms with Crippen LogP contribution in [-0.4, -0.2) is 44.3 Å². The van der Waals surface area contributed by atoms with E-state index in [0.29, 0.717) is 34.1 Å². The average molecular weight is 718 g/mol. The molecule has 258 valence electrons. The quantitative estimate of drug-likeness (QED) is 0.104. The number of methoxy groups -OCH3 is 3. The summed E-state index contributed by atoms with van der Waals surface area (Å²) in [4.78, 5) is 45.5. The summed E-state index contributed by atoms with van der Waals surface area (Å²) in [6, 6.07) is 35.0. The van der Waals surface area contributed by atoms with Crippen LogP contribution in [0.2, 0.25) is 0 Å². The summed E-state index contributed by atoms with van der Waals surface area (Å²) in [5.74, 6) is 0.157. The fraction of sp³-hybridized carbons (Fsp3) is 0.125. The molecule has 6 rings (SSSR count). The Bertz CT molecular complexity index is 2030. The van der Waals surface area contributed by atoms with Crippen molar-refractivity contribution in [1.82, 2.24) is 5.32 Å². The molecule has 0 fully saturated rings. The van der Waals surface area contributed by atoms with Crippen LogP contribution in [0.25, 0.3) is 6.08 Å². The van der Waals surface area contributed by atoms with Gasteiger partial charge in [-0.3, -0.25) is 19.3 Å².